The normalized spacial score (nSPS) is 9.84. The van der Waals surface area contributed by atoms with E-state index in [4.69, 9.17) is 11.2 Å². The first-order valence-electron chi connectivity index (χ1n) is 6.28. The molecule has 0 saturated heterocycles. The second kappa shape index (κ2) is 7.25. The van der Waals surface area contributed by atoms with Crippen LogP contribution in [0.2, 0.25) is 0 Å². The van der Waals surface area contributed by atoms with Crippen molar-refractivity contribution in [2.24, 2.45) is 0 Å². The van der Waals surface area contributed by atoms with Crippen molar-refractivity contribution in [2.45, 2.75) is 13.1 Å². The van der Waals surface area contributed by atoms with Crippen LogP contribution >= 0.6 is 0 Å². The monoisotopic (exact) mass is 251 g/mol. The van der Waals surface area contributed by atoms with Crippen LogP contribution in [0.25, 0.3) is 0 Å². The smallest absolute Gasteiger partial charge is 0.148 e. The third-order valence-corrected chi connectivity index (χ3v) is 2.72. The lowest BCUT2D eigenvalue weighted by Crippen LogP contribution is -2.12. The maximum Gasteiger partial charge on any atom is 0.148 e. The summed E-state index contributed by atoms with van der Waals surface area (Å²) in [7, 11) is 0. The molecule has 0 aliphatic rings. The molecule has 0 fully saturated rings. The van der Waals surface area contributed by atoms with Gasteiger partial charge in [0.05, 0.1) is 0 Å². The van der Waals surface area contributed by atoms with Crippen LogP contribution < -0.4 is 10.1 Å². The third-order valence-electron chi connectivity index (χ3n) is 2.72. The molecule has 19 heavy (non-hydrogen) atoms. The van der Waals surface area contributed by atoms with Gasteiger partial charge in [0.2, 0.25) is 0 Å². The fraction of sp³-hybridized carbons (Fsp3) is 0.176. The number of terminal acetylenes is 1. The van der Waals surface area contributed by atoms with E-state index in [9.17, 15) is 0 Å². The fourth-order valence-corrected chi connectivity index (χ4v) is 1.82. The van der Waals surface area contributed by atoms with Gasteiger partial charge in [-0.25, -0.2) is 0 Å². The van der Waals surface area contributed by atoms with Crippen molar-refractivity contribution in [2.75, 3.05) is 6.61 Å². The minimum atomic E-state index is 0.306. The van der Waals surface area contributed by atoms with Crippen LogP contribution in [-0.4, -0.2) is 6.61 Å². The lowest BCUT2D eigenvalue weighted by Gasteiger charge is -2.07. The maximum atomic E-state index is 5.40. The van der Waals surface area contributed by atoms with Gasteiger partial charge < -0.3 is 10.1 Å². The van der Waals surface area contributed by atoms with Gasteiger partial charge in [0.25, 0.3) is 0 Å². The molecule has 96 valence electrons. The Balaban J connectivity index is 1.84. The molecule has 0 spiro atoms. The summed E-state index contributed by atoms with van der Waals surface area (Å²) in [4.78, 5) is 0. The molecule has 2 aromatic rings. The molecule has 0 atom stereocenters. The van der Waals surface area contributed by atoms with Gasteiger partial charge in [-0.15, -0.1) is 6.42 Å². The number of hydrogen-bond donors (Lipinski definition) is 1. The number of ether oxygens (including phenoxy) is 1. The molecule has 0 aromatic heterocycles. The minimum absolute atomic E-state index is 0.306. The molecule has 0 heterocycles. The number of hydrogen-bond acceptors (Lipinski definition) is 2. The Morgan fingerprint density at radius 1 is 0.947 bits per heavy atom. The van der Waals surface area contributed by atoms with Crippen LogP contribution in [0.4, 0.5) is 0 Å². The molecule has 2 heteroatoms. The summed E-state index contributed by atoms with van der Waals surface area (Å²) < 4.78 is 5.40. The predicted molar refractivity (Wildman–Crippen MR) is 77.8 cm³/mol. The Morgan fingerprint density at radius 3 is 2.47 bits per heavy atom. The Bertz CT molecular complexity index is 543. The lowest BCUT2D eigenvalue weighted by atomic mass is 10.2. The first-order chi connectivity index (χ1) is 9.38. The molecule has 0 aliphatic heterocycles. The quantitative estimate of drug-likeness (QED) is 0.797. The van der Waals surface area contributed by atoms with E-state index in [0.29, 0.717) is 6.61 Å². The van der Waals surface area contributed by atoms with E-state index in [0.717, 1.165) is 18.8 Å². The summed E-state index contributed by atoms with van der Waals surface area (Å²) >= 11 is 0. The van der Waals surface area contributed by atoms with E-state index in [2.05, 4.69) is 29.4 Å². The van der Waals surface area contributed by atoms with Crippen LogP contribution in [0, 0.1) is 12.3 Å². The second-order valence-electron chi connectivity index (χ2n) is 4.23. The molecule has 0 aliphatic carbocycles. The summed E-state index contributed by atoms with van der Waals surface area (Å²) in [5, 5.41) is 3.41. The molecule has 0 radical (unpaired) electrons. The van der Waals surface area contributed by atoms with Crippen LogP contribution in [0.1, 0.15) is 11.1 Å². The highest BCUT2D eigenvalue weighted by atomic mass is 16.5. The molecule has 0 saturated carbocycles. The molecule has 1 N–H and O–H groups in total. The number of benzene rings is 2. The zero-order valence-electron chi connectivity index (χ0n) is 10.8. The Hall–Kier alpha value is -2.24. The Labute approximate surface area is 114 Å². The number of rotatable bonds is 6. The molecule has 2 aromatic carbocycles. The van der Waals surface area contributed by atoms with E-state index >= 15 is 0 Å². The lowest BCUT2D eigenvalue weighted by molar-refractivity contribution is 0.370. The highest BCUT2D eigenvalue weighted by molar-refractivity contribution is 5.28. The summed E-state index contributed by atoms with van der Waals surface area (Å²) in [6.45, 7) is 1.97. The SMILES string of the molecule is C#CCOc1cccc(CNCc2ccccc2)c1. The maximum absolute atomic E-state index is 5.40. The largest absolute Gasteiger partial charge is 0.481 e. The second-order valence-corrected chi connectivity index (χ2v) is 4.23. The van der Waals surface area contributed by atoms with Gasteiger partial charge in [-0.05, 0) is 23.3 Å². The summed E-state index contributed by atoms with van der Waals surface area (Å²) in [5.41, 5.74) is 2.47. The fourth-order valence-electron chi connectivity index (χ4n) is 1.82. The average molecular weight is 251 g/mol. The van der Waals surface area contributed by atoms with E-state index in [1.54, 1.807) is 0 Å². The van der Waals surface area contributed by atoms with Crippen molar-refractivity contribution < 1.29 is 4.74 Å². The van der Waals surface area contributed by atoms with Crippen molar-refractivity contribution in [3.63, 3.8) is 0 Å². The molecular weight excluding hydrogens is 234 g/mol. The van der Waals surface area contributed by atoms with Crippen LogP contribution in [0.3, 0.4) is 0 Å². The van der Waals surface area contributed by atoms with E-state index in [-0.39, 0.29) is 0 Å². The van der Waals surface area contributed by atoms with E-state index < -0.39 is 0 Å². The average Bonchev–Trinajstić information content (AvgIpc) is 2.47. The van der Waals surface area contributed by atoms with Crippen molar-refractivity contribution >= 4 is 0 Å². The van der Waals surface area contributed by atoms with Crippen molar-refractivity contribution in [3.8, 4) is 18.1 Å². The van der Waals surface area contributed by atoms with Gasteiger partial charge in [0.1, 0.15) is 12.4 Å². The highest BCUT2D eigenvalue weighted by Crippen LogP contribution is 2.13. The first-order valence-corrected chi connectivity index (χ1v) is 6.28. The zero-order chi connectivity index (χ0) is 13.3. The molecule has 0 amide bonds. The van der Waals surface area contributed by atoms with Crippen molar-refractivity contribution in [3.05, 3.63) is 65.7 Å². The van der Waals surface area contributed by atoms with E-state index in [1.807, 2.05) is 36.4 Å². The first kappa shape index (κ1) is 13.2. The standard InChI is InChI=1S/C17H17NO/c1-2-11-19-17-10-6-9-16(12-17)14-18-13-15-7-4-3-5-8-15/h1,3-10,12,18H,11,13-14H2. The summed E-state index contributed by atoms with van der Waals surface area (Å²) in [6.07, 6.45) is 5.17. The van der Waals surface area contributed by atoms with E-state index in [1.165, 1.54) is 11.1 Å². The summed E-state index contributed by atoms with van der Waals surface area (Å²) in [5.74, 6) is 3.28. The Morgan fingerprint density at radius 2 is 1.68 bits per heavy atom. The van der Waals surface area contributed by atoms with Crippen LogP contribution in [0.5, 0.6) is 5.75 Å². The van der Waals surface area contributed by atoms with Gasteiger partial charge in [-0.1, -0.05) is 48.4 Å². The highest BCUT2D eigenvalue weighted by Gasteiger charge is 1.97. The number of nitrogens with one attached hydrogen (secondary N) is 1. The van der Waals surface area contributed by atoms with Crippen LogP contribution in [-0.2, 0) is 13.1 Å². The van der Waals surface area contributed by atoms with Gasteiger partial charge in [0, 0.05) is 13.1 Å². The van der Waals surface area contributed by atoms with Crippen molar-refractivity contribution in [1.29, 1.82) is 0 Å². The Kier molecular flexibility index (Phi) is 5.04. The van der Waals surface area contributed by atoms with Crippen molar-refractivity contribution in [1.82, 2.24) is 5.32 Å². The zero-order valence-corrected chi connectivity index (χ0v) is 10.8. The van der Waals surface area contributed by atoms with Gasteiger partial charge in [0.15, 0.2) is 0 Å². The topological polar surface area (TPSA) is 21.3 Å². The molecular formula is C17H17NO. The van der Waals surface area contributed by atoms with Crippen LogP contribution in [0.15, 0.2) is 54.6 Å². The van der Waals surface area contributed by atoms with Gasteiger partial charge in [-0.3, -0.25) is 0 Å². The molecule has 0 bridgehead atoms. The van der Waals surface area contributed by atoms with Gasteiger partial charge >= 0.3 is 0 Å². The third kappa shape index (κ3) is 4.50. The molecule has 2 rings (SSSR count). The predicted octanol–water partition coefficient (Wildman–Crippen LogP) is 2.99. The van der Waals surface area contributed by atoms with Gasteiger partial charge in [-0.2, -0.15) is 0 Å². The molecule has 0 unspecified atom stereocenters. The molecule has 2 nitrogen and oxygen atoms in total. The minimum Gasteiger partial charge on any atom is -0.481 e. The summed E-state index contributed by atoms with van der Waals surface area (Å²) in [6, 6.07) is 18.3.